The number of carbonyl (C=O) groups excluding carboxylic acids is 1. The minimum atomic E-state index is -0.0943. The predicted molar refractivity (Wildman–Crippen MR) is 102 cm³/mol. The lowest BCUT2D eigenvalue weighted by Gasteiger charge is -2.13. The summed E-state index contributed by atoms with van der Waals surface area (Å²) in [6.45, 7) is 4.16. The van der Waals surface area contributed by atoms with E-state index in [0.717, 1.165) is 29.7 Å². The number of anilines is 1. The number of amides is 1. The Labute approximate surface area is 156 Å². The zero-order chi connectivity index (χ0) is 18.4. The number of pyridine rings is 1. The number of para-hydroxylation sites is 1. The van der Waals surface area contributed by atoms with Crippen molar-refractivity contribution in [3.8, 4) is 11.6 Å². The van der Waals surface area contributed by atoms with Crippen molar-refractivity contribution in [2.24, 2.45) is 0 Å². The Hall–Kier alpha value is -2.67. The zero-order valence-corrected chi connectivity index (χ0v) is 15.5. The van der Waals surface area contributed by atoms with E-state index < -0.39 is 0 Å². The lowest BCUT2D eigenvalue weighted by atomic mass is 10.0. The van der Waals surface area contributed by atoms with Gasteiger partial charge in [0.05, 0.1) is 5.75 Å². The number of benzene rings is 1. The van der Waals surface area contributed by atoms with Crippen LogP contribution in [-0.2, 0) is 17.6 Å². The average molecular weight is 368 g/mol. The SMILES string of the molecule is CCc1cccc(CC)c1NC(=O)CSc1nnc(-c2ccccn2)o1. The highest BCUT2D eigenvalue weighted by atomic mass is 32.2. The highest BCUT2D eigenvalue weighted by molar-refractivity contribution is 7.99. The number of hydrogen-bond acceptors (Lipinski definition) is 6. The van der Waals surface area contributed by atoms with E-state index in [1.165, 1.54) is 11.8 Å². The molecule has 0 spiro atoms. The van der Waals surface area contributed by atoms with Crippen molar-refractivity contribution in [3.63, 3.8) is 0 Å². The summed E-state index contributed by atoms with van der Waals surface area (Å²) in [4.78, 5) is 16.5. The molecule has 0 aliphatic rings. The molecule has 0 atom stereocenters. The second-order valence-electron chi connectivity index (χ2n) is 5.58. The number of rotatable bonds is 7. The lowest BCUT2D eigenvalue weighted by Crippen LogP contribution is -2.16. The van der Waals surface area contributed by atoms with Crippen molar-refractivity contribution >= 4 is 23.4 Å². The molecule has 0 unspecified atom stereocenters. The van der Waals surface area contributed by atoms with Gasteiger partial charge in [0.1, 0.15) is 5.69 Å². The molecule has 7 heteroatoms. The van der Waals surface area contributed by atoms with Crippen LogP contribution in [0, 0.1) is 0 Å². The van der Waals surface area contributed by atoms with Crippen LogP contribution < -0.4 is 5.32 Å². The van der Waals surface area contributed by atoms with Crippen LogP contribution in [0.25, 0.3) is 11.6 Å². The summed E-state index contributed by atoms with van der Waals surface area (Å²) in [6.07, 6.45) is 3.40. The Kier molecular flexibility index (Phi) is 6.01. The summed E-state index contributed by atoms with van der Waals surface area (Å²) in [5, 5.41) is 11.3. The van der Waals surface area contributed by atoms with Gasteiger partial charge in [-0.05, 0) is 36.1 Å². The molecule has 0 aliphatic carbocycles. The molecule has 2 heterocycles. The first-order valence-corrected chi connectivity index (χ1v) is 9.48. The highest BCUT2D eigenvalue weighted by Crippen LogP contribution is 2.24. The van der Waals surface area contributed by atoms with Gasteiger partial charge in [-0.3, -0.25) is 9.78 Å². The van der Waals surface area contributed by atoms with Gasteiger partial charge in [-0.25, -0.2) is 0 Å². The van der Waals surface area contributed by atoms with Gasteiger partial charge in [0, 0.05) is 11.9 Å². The number of aryl methyl sites for hydroxylation is 2. The molecule has 1 aromatic carbocycles. The zero-order valence-electron chi connectivity index (χ0n) is 14.7. The quantitative estimate of drug-likeness (QED) is 0.635. The van der Waals surface area contributed by atoms with E-state index in [0.29, 0.717) is 16.8 Å². The van der Waals surface area contributed by atoms with E-state index in [2.05, 4.69) is 34.3 Å². The van der Waals surface area contributed by atoms with E-state index >= 15 is 0 Å². The minimum Gasteiger partial charge on any atom is -0.410 e. The van der Waals surface area contributed by atoms with E-state index in [1.54, 1.807) is 12.3 Å². The van der Waals surface area contributed by atoms with Crippen LogP contribution in [0.5, 0.6) is 0 Å². The number of carbonyl (C=O) groups is 1. The van der Waals surface area contributed by atoms with Crippen LogP contribution >= 0.6 is 11.8 Å². The first-order chi connectivity index (χ1) is 12.7. The van der Waals surface area contributed by atoms with Crippen molar-refractivity contribution < 1.29 is 9.21 Å². The number of nitrogens with zero attached hydrogens (tertiary/aromatic N) is 3. The topological polar surface area (TPSA) is 80.9 Å². The van der Waals surface area contributed by atoms with Crippen molar-refractivity contribution in [1.29, 1.82) is 0 Å². The Morgan fingerprint density at radius 2 is 1.85 bits per heavy atom. The van der Waals surface area contributed by atoms with Crippen molar-refractivity contribution in [1.82, 2.24) is 15.2 Å². The van der Waals surface area contributed by atoms with E-state index in [1.807, 2.05) is 30.3 Å². The molecule has 6 nitrogen and oxygen atoms in total. The summed E-state index contributed by atoms with van der Waals surface area (Å²) in [7, 11) is 0. The normalized spacial score (nSPS) is 10.7. The van der Waals surface area contributed by atoms with Gasteiger partial charge in [-0.1, -0.05) is 49.9 Å². The minimum absolute atomic E-state index is 0.0943. The van der Waals surface area contributed by atoms with Gasteiger partial charge in [0.25, 0.3) is 11.1 Å². The molecular formula is C19H20N4O2S. The van der Waals surface area contributed by atoms with Crippen LogP contribution in [-0.4, -0.2) is 26.8 Å². The third kappa shape index (κ3) is 4.29. The number of hydrogen-bond donors (Lipinski definition) is 1. The molecule has 3 rings (SSSR count). The maximum atomic E-state index is 12.4. The van der Waals surface area contributed by atoms with Gasteiger partial charge in [-0.2, -0.15) is 0 Å². The predicted octanol–water partition coefficient (Wildman–Crippen LogP) is 3.99. The third-order valence-corrected chi connectivity index (χ3v) is 4.70. The number of nitrogens with one attached hydrogen (secondary N) is 1. The lowest BCUT2D eigenvalue weighted by molar-refractivity contribution is -0.113. The fourth-order valence-corrected chi connectivity index (χ4v) is 3.13. The van der Waals surface area contributed by atoms with Crippen LogP contribution in [0.4, 0.5) is 5.69 Å². The molecule has 26 heavy (non-hydrogen) atoms. The molecule has 0 aliphatic heterocycles. The van der Waals surface area contributed by atoms with Gasteiger partial charge in [-0.15, -0.1) is 10.2 Å². The molecule has 0 fully saturated rings. The summed E-state index contributed by atoms with van der Waals surface area (Å²) in [5.74, 6) is 0.451. The highest BCUT2D eigenvalue weighted by Gasteiger charge is 2.14. The Balaban J connectivity index is 1.63. The molecule has 1 amide bonds. The fourth-order valence-electron chi connectivity index (χ4n) is 2.57. The molecule has 134 valence electrons. The first kappa shape index (κ1) is 18.1. The van der Waals surface area contributed by atoms with Crippen molar-refractivity contribution in [3.05, 3.63) is 53.7 Å². The van der Waals surface area contributed by atoms with Crippen LogP contribution in [0.3, 0.4) is 0 Å². The molecule has 1 N–H and O–H groups in total. The maximum absolute atomic E-state index is 12.4. The van der Waals surface area contributed by atoms with Crippen LogP contribution in [0.2, 0.25) is 0 Å². The standard InChI is InChI=1S/C19H20N4O2S/c1-3-13-8-7-9-14(4-2)17(13)21-16(24)12-26-19-23-22-18(25-19)15-10-5-6-11-20-15/h5-11H,3-4,12H2,1-2H3,(H,21,24). The second kappa shape index (κ2) is 8.62. The summed E-state index contributed by atoms with van der Waals surface area (Å²) >= 11 is 1.21. The molecule has 2 aromatic heterocycles. The Morgan fingerprint density at radius 3 is 2.50 bits per heavy atom. The monoisotopic (exact) mass is 368 g/mol. The molecule has 0 saturated heterocycles. The third-order valence-electron chi connectivity index (χ3n) is 3.88. The van der Waals surface area contributed by atoms with Crippen LogP contribution in [0.15, 0.2) is 52.2 Å². The molecule has 3 aromatic rings. The maximum Gasteiger partial charge on any atom is 0.277 e. The fraction of sp³-hybridized carbons (Fsp3) is 0.263. The van der Waals surface area contributed by atoms with E-state index in [4.69, 9.17) is 4.42 Å². The van der Waals surface area contributed by atoms with Gasteiger partial charge in [0.15, 0.2) is 0 Å². The largest absolute Gasteiger partial charge is 0.410 e. The van der Waals surface area contributed by atoms with Crippen molar-refractivity contribution in [2.45, 2.75) is 31.9 Å². The first-order valence-electron chi connectivity index (χ1n) is 8.49. The summed E-state index contributed by atoms with van der Waals surface area (Å²) < 4.78 is 5.56. The van der Waals surface area contributed by atoms with Gasteiger partial charge >= 0.3 is 0 Å². The Morgan fingerprint density at radius 1 is 1.08 bits per heavy atom. The van der Waals surface area contributed by atoms with Gasteiger partial charge < -0.3 is 9.73 Å². The van der Waals surface area contributed by atoms with Crippen molar-refractivity contribution in [2.75, 3.05) is 11.1 Å². The van der Waals surface area contributed by atoms with E-state index in [-0.39, 0.29) is 11.7 Å². The number of thioether (sulfide) groups is 1. The smallest absolute Gasteiger partial charge is 0.277 e. The Bertz CT molecular complexity index is 858. The van der Waals surface area contributed by atoms with Crippen LogP contribution in [0.1, 0.15) is 25.0 Å². The molecule has 0 saturated carbocycles. The average Bonchev–Trinajstić information content (AvgIpc) is 3.16. The molecule has 0 radical (unpaired) electrons. The summed E-state index contributed by atoms with van der Waals surface area (Å²) in [5.41, 5.74) is 3.81. The molecular weight excluding hydrogens is 348 g/mol. The van der Waals surface area contributed by atoms with Gasteiger partial charge in [0.2, 0.25) is 5.91 Å². The number of aromatic nitrogens is 3. The second-order valence-corrected chi connectivity index (χ2v) is 6.51. The summed E-state index contributed by atoms with van der Waals surface area (Å²) in [6, 6.07) is 11.6. The van der Waals surface area contributed by atoms with E-state index in [9.17, 15) is 4.79 Å². The molecule has 0 bridgehead atoms.